The number of ketones is 1. The van der Waals surface area contributed by atoms with E-state index in [0.717, 1.165) is 28.0 Å². The quantitative estimate of drug-likeness (QED) is 0.626. The number of halogens is 1. The molecule has 0 aliphatic heterocycles. The Morgan fingerprint density at radius 2 is 1.90 bits per heavy atom. The fraction of sp³-hybridized carbons (Fsp3) is 0.174. The number of benzene rings is 2. The Hall–Kier alpha value is -3.30. The Labute approximate surface area is 171 Å². The van der Waals surface area contributed by atoms with E-state index >= 15 is 0 Å². The molecule has 4 nitrogen and oxygen atoms in total. The molecular weight excluding hydrogens is 387 g/mol. The summed E-state index contributed by atoms with van der Waals surface area (Å²) in [5, 5.41) is 9.65. The van der Waals surface area contributed by atoms with Crippen molar-refractivity contribution in [2.75, 3.05) is 0 Å². The van der Waals surface area contributed by atoms with Crippen LogP contribution in [0.3, 0.4) is 0 Å². The van der Waals surface area contributed by atoms with E-state index in [0.29, 0.717) is 15.7 Å². The van der Waals surface area contributed by atoms with Gasteiger partial charge in [0, 0.05) is 12.1 Å². The molecule has 3 rings (SSSR count). The molecular formula is C23H19FN2O2S. The third-order valence-corrected chi connectivity index (χ3v) is 5.73. The molecule has 1 aromatic heterocycles. The van der Waals surface area contributed by atoms with Gasteiger partial charge in [0.2, 0.25) is 5.78 Å². The summed E-state index contributed by atoms with van der Waals surface area (Å²) in [5.41, 5.74) is 2.91. The van der Waals surface area contributed by atoms with Gasteiger partial charge in [-0.25, -0.2) is 4.39 Å². The first kappa shape index (κ1) is 20.4. The lowest BCUT2D eigenvalue weighted by atomic mass is 10.1. The minimum Gasteiger partial charge on any atom is -0.298 e. The first-order chi connectivity index (χ1) is 13.8. The largest absolute Gasteiger partial charge is 0.298 e. The lowest BCUT2D eigenvalue weighted by Crippen LogP contribution is -2.32. The van der Waals surface area contributed by atoms with E-state index in [1.807, 2.05) is 38.1 Å². The van der Waals surface area contributed by atoms with Crippen LogP contribution in [-0.4, -0.2) is 10.4 Å². The first-order valence-electron chi connectivity index (χ1n) is 9.09. The zero-order valence-electron chi connectivity index (χ0n) is 16.3. The number of Topliss-reactive ketones (excluding diaryl/α,β-unsaturated/α-hetero) is 1. The standard InChI is InChI=1S/C23H19FN2O2S/c1-4-26-22(28)20(12-17-6-5-14(2)11-15(17)3)29-23(26)19(13-25)21(27)16-7-9-18(24)10-8-16/h5-12H,4H2,1-3H3/b20-12+,23-19-. The molecule has 3 aromatic rings. The predicted molar refractivity (Wildman–Crippen MR) is 113 cm³/mol. The van der Waals surface area contributed by atoms with E-state index < -0.39 is 11.6 Å². The third kappa shape index (κ3) is 4.10. The summed E-state index contributed by atoms with van der Waals surface area (Å²) >= 11 is 1.12. The summed E-state index contributed by atoms with van der Waals surface area (Å²) in [6, 6.07) is 12.9. The second-order valence-corrected chi connectivity index (χ2v) is 7.68. The fourth-order valence-corrected chi connectivity index (χ4v) is 4.22. The summed E-state index contributed by atoms with van der Waals surface area (Å²) < 4.78 is 15.4. The number of carbonyl (C=O) groups is 1. The number of aromatic nitrogens is 1. The summed E-state index contributed by atoms with van der Waals surface area (Å²) in [5.74, 6) is -0.999. The van der Waals surface area contributed by atoms with Crippen molar-refractivity contribution in [3.8, 4) is 6.07 Å². The van der Waals surface area contributed by atoms with Gasteiger partial charge in [-0.1, -0.05) is 23.8 Å². The maximum absolute atomic E-state index is 13.2. The number of rotatable bonds is 4. The maximum atomic E-state index is 13.2. The number of nitriles is 1. The normalized spacial score (nSPS) is 12.6. The monoisotopic (exact) mass is 406 g/mol. The maximum Gasteiger partial charge on any atom is 0.269 e. The Balaban J connectivity index is 2.26. The molecule has 0 spiro atoms. The van der Waals surface area contributed by atoms with Gasteiger partial charge in [0.25, 0.3) is 5.56 Å². The summed E-state index contributed by atoms with van der Waals surface area (Å²) in [4.78, 5) is 25.7. The first-order valence-corrected chi connectivity index (χ1v) is 9.90. The van der Waals surface area contributed by atoms with Crippen LogP contribution in [0.2, 0.25) is 0 Å². The van der Waals surface area contributed by atoms with E-state index in [-0.39, 0.29) is 16.7 Å². The van der Waals surface area contributed by atoms with Gasteiger partial charge in [-0.05, 0) is 62.2 Å². The van der Waals surface area contributed by atoms with Gasteiger partial charge >= 0.3 is 0 Å². The van der Waals surface area contributed by atoms with Gasteiger partial charge in [0.15, 0.2) is 0 Å². The molecule has 1 heterocycles. The summed E-state index contributed by atoms with van der Waals surface area (Å²) in [6.07, 6.45) is 1.79. The minimum absolute atomic E-state index is 0.124. The van der Waals surface area contributed by atoms with Crippen LogP contribution < -0.4 is 14.8 Å². The highest BCUT2D eigenvalue weighted by molar-refractivity contribution is 7.07. The highest BCUT2D eigenvalue weighted by Gasteiger charge is 2.17. The molecule has 0 N–H and O–H groups in total. The molecule has 0 bridgehead atoms. The van der Waals surface area contributed by atoms with Crippen molar-refractivity contribution >= 4 is 28.8 Å². The van der Waals surface area contributed by atoms with Crippen LogP contribution in [0.4, 0.5) is 4.39 Å². The van der Waals surface area contributed by atoms with Crippen molar-refractivity contribution in [1.82, 2.24) is 4.57 Å². The van der Waals surface area contributed by atoms with Crippen molar-refractivity contribution in [2.24, 2.45) is 0 Å². The van der Waals surface area contributed by atoms with Gasteiger partial charge < -0.3 is 0 Å². The van der Waals surface area contributed by atoms with Gasteiger partial charge in [-0.2, -0.15) is 5.26 Å². The van der Waals surface area contributed by atoms with Gasteiger partial charge in [0.05, 0.1) is 4.53 Å². The second-order valence-electron chi connectivity index (χ2n) is 6.65. The topological polar surface area (TPSA) is 62.9 Å². The molecule has 0 atom stereocenters. The number of thiazole rings is 1. The van der Waals surface area contributed by atoms with Crippen LogP contribution in [-0.2, 0) is 6.54 Å². The van der Waals surface area contributed by atoms with E-state index in [9.17, 15) is 19.2 Å². The minimum atomic E-state index is -0.533. The smallest absolute Gasteiger partial charge is 0.269 e. The Kier molecular flexibility index (Phi) is 5.90. The number of aryl methyl sites for hydroxylation is 2. The van der Waals surface area contributed by atoms with Crippen molar-refractivity contribution in [3.63, 3.8) is 0 Å². The Morgan fingerprint density at radius 3 is 2.48 bits per heavy atom. The molecule has 0 saturated heterocycles. The van der Waals surface area contributed by atoms with Crippen LogP contribution in [0.1, 0.15) is 34.0 Å². The Morgan fingerprint density at radius 1 is 1.21 bits per heavy atom. The van der Waals surface area contributed by atoms with Crippen molar-refractivity contribution < 1.29 is 9.18 Å². The zero-order valence-corrected chi connectivity index (χ0v) is 17.1. The molecule has 0 aliphatic rings. The van der Waals surface area contributed by atoms with Crippen molar-refractivity contribution in [1.29, 1.82) is 5.26 Å². The second kappa shape index (κ2) is 8.38. The third-order valence-electron chi connectivity index (χ3n) is 4.59. The van der Waals surface area contributed by atoms with E-state index in [1.54, 1.807) is 13.0 Å². The highest BCUT2D eigenvalue weighted by atomic mass is 32.1. The molecule has 0 fully saturated rings. The molecule has 0 radical (unpaired) electrons. The number of hydrogen-bond donors (Lipinski definition) is 0. The lowest BCUT2D eigenvalue weighted by Gasteiger charge is -2.01. The van der Waals surface area contributed by atoms with Gasteiger partial charge in [-0.15, -0.1) is 11.3 Å². The van der Waals surface area contributed by atoms with Crippen molar-refractivity contribution in [2.45, 2.75) is 27.3 Å². The van der Waals surface area contributed by atoms with E-state index in [2.05, 4.69) is 0 Å². The van der Waals surface area contributed by atoms with Crippen LogP contribution >= 0.6 is 11.3 Å². The fourth-order valence-electron chi connectivity index (χ4n) is 3.06. The van der Waals surface area contributed by atoms with E-state index in [4.69, 9.17) is 0 Å². The summed E-state index contributed by atoms with van der Waals surface area (Å²) in [6.45, 7) is 6.08. The number of hydrogen-bond acceptors (Lipinski definition) is 4. The summed E-state index contributed by atoms with van der Waals surface area (Å²) in [7, 11) is 0. The predicted octanol–water partition coefficient (Wildman–Crippen LogP) is 3.07. The van der Waals surface area contributed by atoms with E-state index in [1.165, 1.54) is 28.8 Å². The lowest BCUT2D eigenvalue weighted by molar-refractivity contribution is 0.105. The van der Waals surface area contributed by atoms with Crippen LogP contribution in [0.15, 0.2) is 47.3 Å². The molecule has 0 unspecified atom stereocenters. The zero-order chi connectivity index (χ0) is 21.1. The highest BCUT2D eigenvalue weighted by Crippen LogP contribution is 2.12. The van der Waals surface area contributed by atoms with Crippen LogP contribution in [0.5, 0.6) is 0 Å². The van der Waals surface area contributed by atoms with Crippen LogP contribution in [0.25, 0.3) is 11.6 Å². The number of carbonyl (C=O) groups excluding carboxylic acids is 1. The molecule has 29 heavy (non-hydrogen) atoms. The molecule has 6 heteroatoms. The van der Waals surface area contributed by atoms with Crippen molar-refractivity contribution in [3.05, 3.63) is 90.1 Å². The van der Waals surface area contributed by atoms with Gasteiger partial charge in [0.1, 0.15) is 22.1 Å². The van der Waals surface area contributed by atoms with Crippen LogP contribution in [0, 0.1) is 31.0 Å². The van der Waals surface area contributed by atoms with Gasteiger partial charge in [-0.3, -0.25) is 14.2 Å². The molecule has 146 valence electrons. The SMILES string of the molecule is CCn1c(=O)/c(=C\c2ccc(C)cc2C)s/c1=C(/C#N)C(=O)c1ccc(F)cc1. The average Bonchev–Trinajstić information content (AvgIpc) is 3.00. The Bertz CT molecular complexity index is 1310. The molecule has 2 aromatic carbocycles. The number of nitrogens with zero attached hydrogens (tertiary/aromatic N) is 2. The molecule has 0 amide bonds. The average molecular weight is 406 g/mol. The molecule has 0 saturated carbocycles. The molecule has 0 aliphatic carbocycles.